The lowest BCUT2D eigenvalue weighted by Gasteiger charge is -2.26. The molecule has 5 heteroatoms. The highest BCUT2D eigenvalue weighted by atomic mass is 15.2. The predicted molar refractivity (Wildman–Crippen MR) is 95.7 cm³/mol. The van der Waals surface area contributed by atoms with E-state index in [1.54, 1.807) is 6.33 Å². The molecule has 1 saturated heterocycles. The Bertz CT molecular complexity index is 621. The normalized spacial score (nSPS) is 15.3. The number of benzene rings is 1. The van der Waals surface area contributed by atoms with Gasteiger partial charge >= 0.3 is 0 Å². The molecular formula is C18H25N5. The Kier molecular flexibility index (Phi) is 4.95. The fourth-order valence-corrected chi connectivity index (χ4v) is 3.15. The Labute approximate surface area is 138 Å². The van der Waals surface area contributed by atoms with Crippen LogP contribution in [0.3, 0.4) is 0 Å². The van der Waals surface area contributed by atoms with Gasteiger partial charge in [0.05, 0.1) is 0 Å². The summed E-state index contributed by atoms with van der Waals surface area (Å²) in [5.41, 5.74) is 8.34. The summed E-state index contributed by atoms with van der Waals surface area (Å²) in [6, 6.07) is 10.4. The van der Waals surface area contributed by atoms with Crippen molar-refractivity contribution >= 4 is 17.3 Å². The standard InChI is InChI=1S/C18H25N5/c1-22(13-15-9-5-4-6-10-15)17-16(19)18(21-14-20-17)23-11-7-2-3-8-12-23/h4-6,9-10,14H,2-3,7-8,11-13,19H2,1H3. The van der Waals surface area contributed by atoms with E-state index >= 15 is 0 Å². The third-order valence-electron chi connectivity index (χ3n) is 4.37. The molecule has 0 saturated carbocycles. The zero-order valence-corrected chi connectivity index (χ0v) is 13.8. The van der Waals surface area contributed by atoms with Crippen LogP contribution in [-0.2, 0) is 6.54 Å². The van der Waals surface area contributed by atoms with Gasteiger partial charge in [-0.1, -0.05) is 43.2 Å². The molecule has 122 valence electrons. The Morgan fingerprint density at radius 2 is 1.74 bits per heavy atom. The summed E-state index contributed by atoms with van der Waals surface area (Å²) < 4.78 is 0. The second kappa shape index (κ2) is 7.31. The minimum Gasteiger partial charge on any atom is -0.393 e. The SMILES string of the molecule is CN(Cc1ccccc1)c1ncnc(N2CCCCCC2)c1N. The molecular weight excluding hydrogens is 286 g/mol. The number of hydrogen-bond donors (Lipinski definition) is 1. The summed E-state index contributed by atoms with van der Waals surface area (Å²) in [7, 11) is 2.03. The van der Waals surface area contributed by atoms with Gasteiger partial charge in [-0.05, 0) is 18.4 Å². The van der Waals surface area contributed by atoms with Gasteiger partial charge in [0, 0.05) is 26.7 Å². The van der Waals surface area contributed by atoms with Crippen LogP contribution < -0.4 is 15.5 Å². The van der Waals surface area contributed by atoms with Crippen molar-refractivity contribution in [3.63, 3.8) is 0 Å². The van der Waals surface area contributed by atoms with E-state index in [2.05, 4.69) is 44.0 Å². The second-order valence-electron chi connectivity index (χ2n) is 6.18. The average molecular weight is 311 g/mol. The van der Waals surface area contributed by atoms with E-state index in [0.29, 0.717) is 5.69 Å². The molecule has 23 heavy (non-hydrogen) atoms. The number of nitrogen functional groups attached to an aromatic ring is 1. The Morgan fingerprint density at radius 1 is 1.04 bits per heavy atom. The van der Waals surface area contributed by atoms with Gasteiger partial charge in [0.2, 0.25) is 0 Å². The quantitative estimate of drug-likeness (QED) is 0.940. The third kappa shape index (κ3) is 3.73. The third-order valence-corrected chi connectivity index (χ3v) is 4.37. The van der Waals surface area contributed by atoms with E-state index in [0.717, 1.165) is 31.3 Å². The molecule has 1 fully saturated rings. The summed E-state index contributed by atoms with van der Waals surface area (Å²) in [5, 5.41) is 0. The maximum absolute atomic E-state index is 6.41. The van der Waals surface area contributed by atoms with Crippen LogP contribution in [0.15, 0.2) is 36.7 Å². The fraction of sp³-hybridized carbons (Fsp3) is 0.444. The van der Waals surface area contributed by atoms with Gasteiger partial charge in [0.1, 0.15) is 12.0 Å². The molecule has 0 radical (unpaired) electrons. The van der Waals surface area contributed by atoms with Gasteiger partial charge in [-0.2, -0.15) is 0 Å². The number of anilines is 3. The number of hydrogen-bond acceptors (Lipinski definition) is 5. The van der Waals surface area contributed by atoms with Crippen molar-refractivity contribution in [2.45, 2.75) is 32.2 Å². The fourth-order valence-electron chi connectivity index (χ4n) is 3.15. The zero-order valence-electron chi connectivity index (χ0n) is 13.8. The van der Waals surface area contributed by atoms with E-state index in [-0.39, 0.29) is 0 Å². The molecule has 5 nitrogen and oxygen atoms in total. The maximum atomic E-state index is 6.41. The Hall–Kier alpha value is -2.30. The molecule has 1 aliphatic rings. The van der Waals surface area contributed by atoms with Crippen LogP contribution in [0.4, 0.5) is 17.3 Å². The van der Waals surface area contributed by atoms with Gasteiger partial charge in [-0.25, -0.2) is 9.97 Å². The van der Waals surface area contributed by atoms with Crippen molar-refractivity contribution in [3.05, 3.63) is 42.2 Å². The van der Waals surface area contributed by atoms with E-state index in [4.69, 9.17) is 5.73 Å². The van der Waals surface area contributed by atoms with E-state index in [9.17, 15) is 0 Å². The smallest absolute Gasteiger partial charge is 0.157 e. The lowest BCUT2D eigenvalue weighted by atomic mass is 10.2. The Balaban J connectivity index is 1.81. The van der Waals surface area contributed by atoms with Gasteiger partial charge in [-0.15, -0.1) is 0 Å². The molecule has 0 atom stereocenters. The zero-order chi connectivity index (χ0) is 16.1. The van der Waals surface area contributed by atoms with Gasteiger partial charge in [0.25, 0.3) is 0 Å². The molecule has 0 amide bonds. The first kappa shape index (κ1) is 15.6. The predicted octanol–water partition coefficient (Wildman–Crippen LogP) is 3.08. The maximum Gasteiger partial charge on any atom is 0.157 e. The van der Waals surface area contributed by atoms with Crippen LogP contribution in [-0.4, -0.2) is 30.1 Å². The molecule has 0 unspecified atom stereocenters. The van der Waals surface area contributed by atoms with Crippen LogP contribution >= 0.6 is 0 Å². The van der Waals surface area contributed by atoms with E-state index in [1.807, 2.05) is 13.1 Å². The van der Waals surface area contributed by atoms with Crippen molar-refractivity contribution in [1.29, 1.82) is 0 Å². The van der Waals surface area contributed by atoms with Crippen molar-refractivity contribution in [2.24, 2.45) is 0 Å². The van der Waals surface area contributed by atoms with Crippen LogP contribution in [0, 0.1) is 0 Å². The highest BCUT2D eigenvalue weighted by Gasteiger charge is 2.18. The number of nitrogens with two attached hydrogens (primary N) is 1. The second-order valence-corrected chi connectivity index (χ2v) is 6.18. The van der Waals surface area contributed by atoms with Crippen molar-refractivity contribution in [2.75, 3.05) is 35.7 Å². The molecule has 0 bridgehead atoms. The molecule has 2 N–H and O–H groups in total. The van der Waals surface area contributed by atoms with Gasteiger partial charge in [-0.3, -0.25) is 0 Å². The minimum absolute atomic E-state index is 0.688. The minimum atomic E-state index is 0.688. The van der Waals surface area contributed by atoms with Gasteiger partial charge < -0.3 is 15.5 Å². The molecule has 0 aliphatic carbocycles. The molecule has 1 aromatic carbocycles. The summed E-state index contributed by atoms with van der Waals surface area (Å²) in [6.45, 7) is 2.84. The first-order valence-electron chi connectivity index (χ1n) is 8.36. The van der Waals surface area contributed by atoms with Crippen LogP contribution in [0.25, 0.3) is 0 Å². The Morgan fingerprint density at radius 3 is 2.43 bits per heavy atom. The monoisotopic (exact) mass is 311 g/mol. The summed E-state index contributed by atoms with van der Waals surface area (Å²) >= 11 is 0. The molecule has 2 heterocycles. The van der Waals surface area contributed by atoms with Crippen molar-refractivity contribution < 1.29 is 0 Å². The van der Waals surface area contributed by atoms with Crippen molar-refractivity contribution in [3.8, 4) is 0 Å². The lowest BCUT2D eigenvalue weighted by Crippen LogP contribution is -2.27. The van der Waals surface area contributed by atoms with Crippen LogP contribution in [0.1, 0.15) is 31.2 Å². The summed E-state index contributed by atoms with van der Waals surface area (Å²) in [5.74, 6) is 1.69. The highest BCUT2D eigenvalue weighted by molar-refractivity contribution is 5.75. The molecule has 3 rings (SSSR count). The highest BCUT2D eigenvalue weighted by Crippen LogP contribution is 2.30. The van der Waals surface area contributed by atoms with Gasteiger partial charge in [0.15, 0.2) is 11.6 Å². The van der Waals surface area contributed by atoms with Crippen molar-refractivity contribution in [1.82, 2.24) is 9.97 Å². The lowest BCUT2D eigenvalue weighted by molar-refractivity contribution is 0.726. The molecule has 2 aromatic rings. The van der Waals surface area contributed by atoms with Crippen LogP contribution in [0.2, 0.25) is 0 Å². The van der Waals surface area contributed by atoms with Crippen LogP contribution in [0.5, 0.6) is 0 Å². The number of nitrogens with zero attached hydrogens (tertiary/aromatic N) is 4. The molecule has 1 aliphatic heterocycles. The first-order valence-corrected chi connectivity index (χ1v) is 8.36. The topological polar surface area (TPSA) is 58.3 Å². The molecule has 1 aromatic heterocycles. The van der Waals surface area contributed by atoms with E-state index < -0.39 is 0 Å². The number of aromatic nitrogens is 2. The molecule has 0 spiro atoms. The average Bonchev–Trinajstić information content (AvgIpc) is 2.85. The first-order chi connectivity index (χ1) is 11.3. The largest absolute Gasteiger partial charge is 0.393 e. The number of rotatable bonds is 4. The van der Waals surface area contributed by atoms with E-state index in [1.165, 1.54) is 31.2 Å². The summed E-state index contributed by atoms with van der Waals surface area (Å²) in [4.78, 5) is 13.3. The summed E-state index contributed by atoms with van der Waals surface area (Å²) in [6.07, 6.45) is 6.63.